The monoisotopic (exact) mass is 259 g/mol. The van der Waals surface area contributed by atoms with E-state index in [9.17, 15) is 4.79 Å². The van der Waals surface area contributed by atoms with Crippen LogP contribution in [-0.4, -0.2) is 12.0 Å². The Balaban J connectivity index is 2.24. The smallest absolute Gasteiger partial charge is 0.243 e. The number of amides is 1. The number of hydrogen-bond acceptors (Lipinski definition) is 2. The van der Waals surface area contributed by atoms with Crippen molar-refractivity contribution >= 4 is 5.91 Å². The SMILES string of the molecule is C=CC(=O)N[C@@H]1CCCc2ccc(OC(C)C)cc21. The van der Waals surface area contributed by atoms with Gasteiger partial charge in [0.1, 0.15) is 5.75 Å². The molecule has 3 heteroatoms. The molecule has 102 valence electrons. The van der Waals surface area contributed by atoms with Gasteiger partial charge in [-0.25, -0.2) is 0 Å². The molecule has 0 saturated carbocycles. The Labute approximate surface area is 114 Å². The van der Waals surface area contributed by atoms with Crippen molar-refractivity contribution in [2.75, 3.05) is 0 Å². The van der Waals surface area contributed by atoms with Crippen molar-refractivity contribution in [3.63, 3.8) is 0 Å². The molecule has 1 aliphatic carbocycles. The maximum Gasteiger partial charge on any atom is 0.243 e. The minimum Gasteiger partial charge on any atom is -0.491 e. The summed E-state index contributed by atoms with van der Waals surface area (Å²) in [5, 5.41) is 2.99. The normalized spacial score (nSPS) is 17.7. The van der Waals surface area contributed by atoms with Crippen molar-refractivity contribution in [2.45, 2.75) is 45.3 Å². The number of benzene rings is 1. The zero-order valence-electron chi connectivity index (χ0n) is 11.6. The average Bonchev–Trinajstić information content (AvgIpc) is 2.38. The second kappa shape index (κ2) is 5.91. The van der Waals surface area contributed by atoms with Crippen LogP contribution in [0.3, 0.4) is 0 Å². The highest BCUT2D eigenvalue weighted by atomic mass is 16.5. The van der Waals surface area contributed by atoms with Crippen molar-refractivity contribution < 1.29 is 9.53 Å². The van der Waals surface area contributed by atoms with Crippen LogP contribution >= 0.6 is 0 Å². The Morgan fingerprint density at radius 3 is 3.00 bits per heavy atom. The summed E-state index contributed by atoms with van der Waals surface area (Å²) in [7, 11) is 0. The lowest BCUT2D eigenvalue weighted by molar-refractivity contribution is -0.117. The summed E-state index contributed by atoms with van der Waals surface area (Å²) >= 11 is 0. The van der Waals surface area contributed by atoms with Crippen LogP contribution in [0.15, 0.2) is 30.9 Å². The minimum absolute atomic E-state index is 0.0740. The van der Waals surface area contributed by atoms with Crippen molar-refractivity contribution in [3.8, 4) is 5.75 Å². The predicted octanol–water partition coefficient (Wildman–Crippen LogP) is 3.15. The maximum absolute atomic E-state index is 11.5. The van der Waals surface area contributed by atoms with Gasteiger partial charge in [-0.2, -0.15) is 0 Å². The summed E-state index contributed by atoms with van der Waals surface area (Å²) in [5.41, 5.74) is 2.48. The van der Waals surface area contributed by atoms with Gasteiger partial charge < -0.3 is 10.1 Å². The first-order chi connectivity index (χ1) is 9.10. The summed E-state index contributed by atoms with van der Waals surface area (Å²) in [5.74, 6) is 0.751. The number of rotatable bonds is 4. The molecule has 1 N–H and O–H groups in total. The number of carbonyl (C=O) groups excluding carboxylic acids is 1. The molecular weight excluding hydrogens is 238 g/mol. The van der Waals surface area contributed by atoms with Gasteiger partial charge in [-0.15, -0.1) is 0 Å². The highest BCUT2D eigenvalue weighted by Crippen LogP contribution is 2.32. The van der Waals surface area contributed by atoms with Gasteiger partial charge in [-0.3, -0.25) is 4.79 Å². The van der Waals surface area contributed by atoms with E-state index in [1.165, 1.54) is 17.2 Å². The molecule has 1 amide bonds. The van der Waals surface area contributed by atoms with Gasteiger partial charge in [0.05, 0.1) is 12.1 Å². The van der Waals surface area contributed by atoms with E-state index < -0.39 is 0 Å². The fourth-order valence-corrected chi connectivity index (χ4v) is 2.50. The molecule has 2 rings (SSSR count). The molecule has 0 radical (unpaired) electrons. The molecule has 0 aliphatic heterocycles. The van der Waals surface area contributed by atoms with Crippen LogP contribution in [-0.2, 0) is 11.2 Å². The summed E-state index contributed by atoms with van der Waals surface area (Å²) in [6.07, 6.45) is 4.61. The van der Waals surface area contributed by atoms with E-state index in [1.807, 2.05) is 19.9 Å². The number of hydrogen-bond donors (Lipinski definition) is 1. The Morgan fingerprint density at radius 1 is 1.53 bits per heavy atom. The van der Waals surface area contributed by atoms with E-state index in [-0.39, 0.29) is 18.1 Å². The largest absolute Gasteiger partial charge is 0.491 e. The van der Waals surface area contributed by atoms with Crippen LogP contribution in [0.2, 0.25) is 0 Å². The fourth-order valence-electron chi connectivity index (χ4n) is 2.50. The highest BCUT2D eigenvalue weighted by Gasteiger charge is 2.21. The van der Waals surface area contributed by atoms with Crippen molar-refractivity contribution in [3.05, 3.63) is 42.0 Å². The number of nitrogens with one attached hydrogen (secondary N) is 1. The molecule has 0 aromatic heterocycles. The summed E-state index contributed by atoms with van der Waals surface area (Å²) in [4.78, 5) is 11.5. The fraction of sp³-hybridized carbons (Fsp3) is 0.438. The van der Waals surface area contributed by atoms with E-state index in [0.717, 1.165) is 25.0 Å². The van der Waals surface area contributed by atoms with Gasteiger partial charge in [0.25, 0.3) is 0 Å². The third kappa shape index (κ3) is 3.37. The molecule has 1 aliphatic rings. The quantitative estimate of drug-likeness (QED) is 0.843. The second-order valence-electron chi connectivity index (χ2n) is 5.18. The van der Waals surface area contributed by atoms with Gasteiger partial charge in [-0.1, -0.05) is 12.6 Å². The van der Waals surface area contributed by atoms with Crippen molar-refractivity contribution in [1.82, 2.24) is 5.32 Å². The topological polar surface area (TPSA) is 38.3 Å². The van der Waals surface area contributed by atoms with Crippen LogP contribution in [0.5, 0.6) is 5.75 Å². The van der Waals surface area contributed by atoms with E-state index in [4.69, 9.17) is 4.74 Å². The lowest BCUT2D eigenvalue weighted by atomic mass is 9.87. The third-order valence-electron chi connectivity index (χ3n) is 3.31. The van der Waals surface area contributed by atoms with Crippen LogP contribution in [0.1, 0.15) is 43.9 Å². The molecule has 1 aromatic carbocycles. The standard InChI is InChI=1S/C16H21NO2/c1-4-16(18)17-15-7-5-6-12-8-9-13(10-14(12)15)19-11(2)3/h4,8-11,15H,1,5-7H2,2-3H3,(H,17,18)/t15-/m1/s1. The zero-order chi connectivity index (χ0) is 13.8. The van der Waals surface area contributed by atoms with Gasteiger partial charge in [-0.05, 0) is 62.4 Å². The molecule has 0 fully saturated rings. The van der Waals surface area contributed by atoms with Gasteiger partial charge in [0, 0.05) is 0 Å². The van der Waals surface area contributed by atoms with Crippen LogP contribution in [0.25, 0.3) is 0 Å². The minimum atomic E-state index is -0.118. The molecule has 1 aromatic rings. The Bertz CT molecular complexity index is 480. The number of ether oxygens (including phenoxy) is 1. The maximum atomic E-state index is 11.5. The predicted molar refractivity (Wildman–Crippen MR) is 76.2 cm³/mol. The molecule has 0 saturated heterocycles. The van der Waals surface area contributed by atoms with Gasteiger partial charge in [0.2, 0.25) is 5.91 Å². The molecule has 0 unspecified atom stereocenters. The molecule has 1 atom stereocenters. The van der Waals surface area contributed by atoms with Gasteiger partial charge >= 0.3 is 0 Å². The number of carbonyl (C=O) groups is 1. The molecular formula is C16H21NO2. The van der Waals surface area contributed by atoms with Gasteiger partial charge in [0.15, 0.2) is 0 Å². The molecule has 3 nitrogen and oxygen atoms in total. The first-order valence-electron chi connectivity index (χ1n) is 6.82. The van der Waals surface area contributed by atoms with Crippen molar-refractivity contribution in [2.24, 2.45) is 0 Å². The van der Waals surface area contributed by atoms with Crippen molar-refractivity contribution in [1.29, 1.82) is 0 Å². The van der Waals surface area contributed by atoms with E-state index in [2.05, 4.69) is 24.0 Å². The van der Waals surface area contributed by atoms with Crippen LogP contribution < -0.4 is 10.1 Å². The highest BCUT2D eigenvalue weighted by molar-refractivity contribution is 5.87. The first kappa shape index (κ1) is 13.7. The second-order valence-corrected chi connectivity index (χ2v) is 5.18. The Kier molecular flexibility index (Phi) is 4.25. The van der Waals surface area contributed by atoms with E-state index in [0.29, 0.717) is 0 Å². The van der Waals surface area contributed by atoms with E-state index in [1.54, 1.807) is 0 Å². The lowest BCUT2D eigenvalue weighted by Crippen LogP contribution is -2.29. The zero-order valence-corrected chi connectivity index (χ0v) is 11.6. The third-order valence-corrected chi connectivity index (χ3v) is 3.31. The Morgan fingerprint density at radius 2 is 2.32 bits per heavy atom. The average molecular weight is 259 g/mol. The van der Waals surface area contributed by atoms with Crippen LogP contribution in [0.4, 0.5) is 0 Å². The van der Waals surface area contributed by atoms with Crippen LogP contribution in [0, 0.1) is 0 Å². The first-order valence-corrected chi connectivity index (χ1v) is 6.82. The lowest BCUT2D eigenvalue weighted by Gasteiger charge is -2.27. The summed E-state index contributed by atoms with van der Waals surface area (Å²) in [6, 6.07) is 6.25. The van der Waals surface area contributed by atoms with E-state index >= 15 is 0 Å². The molecule has 0 heterocycles. The molecule has 0 spiro atoms. The Hall–Kier alpha value is -1.77. The summed E-state index contributed by atoms with van der Waals surface area (Å²) in [6.45, 7) is 7.52. The molecule has 19 heavy (non-hydrogen) atoms. The number of aryl methyl sites for hydroxylation is 1. The summed E-state index contributed by atoms with van der Waals surface area (Å²) < 4.78 is 5.73. The number of fused-ring (bicyclic) bond motifs is 1. The molecule has 0 bridgehead atoms.